The molecule has 0 aliphatic carbocycles. The van der Waals surface area contributed by atoms with Gasteiger partial charge < -0.3 is 11.1 Å². The van der Waals surface area contributed by atoms with Crippen molar-refractivity contribution in [3.05, 3.63) is 64.7 Å². The number of fused-ring (bicyclic) bond motifs is 4. The number of amides is 4. The standard InChI is InChI=1S/C23H21ClN4O4/c24-13-6-7-15-14(10-13)23(22(32)26-15)19-18(16(27-23)11-17(25)29)20(30)28(21(19)31)9-8-12-4-2-1-3-5-12/h1-7,10,16,18-19,27H,8-9,11H2,(H2,25,29)(H,26,32)/t16-,18+,19+,23+/m1/s1. The van der Waals surface area contributed by atoms with Gasteiger partial charge in [0, 0.05) is 35.3 Å². The van der Waals surface area contributed by atoms with E-state index in [2.05, 4.69) is 10.6 Å². The number of rotatable bonds is 5. The predicted molar refractivity (Wildman–Crippen MR) is 116 cm³/mol. The summed E-state index contributed by atoms with van der Waals surface area (Å²) in [7, 11) is 0. The third-order valence-corrected chi connectivity index (χ3v) is 6.89. The molecule has 4 amide bonds. The van der Waals surface area contributed by atoms with E-state index >= 15 is 0 Å². The second-order valence-electron chi connectivity index (χ2n) is 8.44. The van der Waals surface area contributed by atoms with Crippen molar-refractivity contribution in [1.82, 2.24) is 10.2 Å². The van der Waals surface area contributed by atoms with Gasteiger partial charge in [-0.15, -0.1) is 0 Å². The van der Waals surface area contributed by atoms with E-state index in [1.165, 1.54) is 4.90 Å². The molecule has 2 fully saturated rings. The monoisotopic (exact) mass is 452 g/mol. The van der Waals surface area contributed by atoms with Gasteiger partial charge in [0.2, 0.25) is 23.6 Å². The third kappa shape index (κ3) is 2.94. The number of benzene rings is 2. The number of anilines is 1. The van der Waals surface area contributed by atoms with E-state index in [0.29, 0.717) is 22.7 Å². The third-order valence-electron chi connectivity index (χ3n) is 6.66. The van der Waals surface area contributed by atoms with Gasteiger partial charge in [-0.05, 0) is 30.2 Å². The van der Waals surface area contributed by atoms with E-state index < -0.39 is 47.0 Å². The molecular formula is C23H21ClN4O4. The maximum Gasteiger partial charge on any atom is 0.250 e. The fourth-order valence-corrected chi connectivity index (χ4v) is 5.50. The number of carbonyl (C=O) groups is 4. The number of nitrogens with one attached hydrogen (secondary N) is 2. The molecule has 2 aromatic carbocycles. The molecular weight excluding hydrogens is 432 g/mol. The molecule has 5 rings (SSSR count). The minimum absolute atomic E-state index is 0.169. The maximum absolute atomic E-state index is 13.6. The number of hydrogen-bond donors (Lipinski definition) is 3. The predicted octanol–water partition coefficient (Wildman–Crippen LogP) is 1.18. The van der Waals surface area contributed by atoms with Gasteiger partial charge >= 0.3 is 0 Å². The molecule has 1 spiro atoms. The lowest BCUT2D eigenvalue weighted by Gasteiger charge is -2.29. The second-order valence-corrected chi connectivity index (χ2v) is 8.88. The number of hydrogen-bond acceptors (Lipinski definition) is 5. The molecule has 3 heterocycles. The molecule has 32 heavy (non-hydrogen) atoms. The van der Waals surface area contributed by atoms with Gasteiger partial charge in [-0.2, -0.15) is 0 Å². The van der Waals surface area contributed by atoms with Crippen LogP contribution in [0, 0.1) is 11.8 Å². The molecule has 2 aromatic rings. The van der Waals surface area contributed by atoms with Crippen molar-refractivity contribution >= 4 is 40.9 Å². The summed E-state index contributed by atoms with van der Waals surface area (Å²) in [5.74, 6) is -3.75. The summed E-state index contributed by atoms with van der Waals surface area (Å²) in [5.41, 5.74) is 5.96. The van der Waals surface area contributed by atoms with Crippen LogP contribution in [0.4, 0.5) is 5.69 Å². The Hall–Kier alpha value is -3.23. The lowest BCUT2D eigenvalue weighted by atomic mass is 9.76. The summed E-state index contributed by atoms with van der Waals surface area (Å²) in [6.45, 7) is 0.193. The number of halogens is 1. The van der Waals surface area contributed by atoms with E-state index in [0.717, 1.165) is 5.56 Å². The number of imide groups is 1. The highest BCUT2D eigenvalue weighted by Gasteiger charge is 2.70. The molecule has 0 bridgehead atoms. The zero-order valence-electron chi connectivity index (χ0n) is 17.0. The van der Waals surface area contributed by atoms with E-state index in [9.17, 15) is 19.2 Å². The lowest BCUT2D eigenvalue weighted by Crippen LogP contribution is -2.53. The molecule has 164 valence electrons. The van der Waals surface area contributed by atoms with Crippen LogP contribution in [0.25, 0.3) is 0 Å². The fourth-order valence-electron chi connectivity index (χ4n) is 5.33. The van der Waals surface area contributed by atoms with Crippen LogP contribution >= 0.6 is 11.6 Å². The van der Waals surface area contributed by atoms with Gasteiger partial charge in [0.15, 0.2) is 0 Å². The van der Waals surface area contributed by atoms with Crippen LogP contribution in [-0.4, -0.2) is 41.1 Å². The topological polar surface area (TPSA) is 122 Å². The van der Waals surface area contributed by atoms with Crippen LogP contribution in [0.15, 0.2) is 48.5 Å². The molecule has 9 heteroatoms. The summed E-state index contributed by atoms with van der Waals surface area (Å²) >= 11 is 6.20. The van der Waals surface area contributed by atoms with Crippen LogP contribution in [0.2, 0.25) is 5.02 Å². The molecule has 2 saturated heterocycles. The summed E-state index contributed by atoms with van der Waals surface area (Å²) in [6, 6.07) is 13.7. The number of nitrogens with zero attached hydrogens (tertiary/aromatic N) is 1. The van der Waals surface area contributed by atoms with Crippen molar-refractivity contribution in [2.24, 2.45) is 17.6 Å². The molecule has 4 N–H and O–H groups in total. The SMILES string of the molecule is NC(=O)C[C@H]1N[C@]2(C(=O)Nc3ccc(Cl)cc32)[C@@H]2C(=O)N(CCc3ccccc3)C(=O)[C@H]21. The average Bonchev–Trinajstić information content (AvgIpc) is 3.32. The molecule has 4 atom stereocenters. The van der Waals surface area contributed by atoms with E-state index in [1.54, 1.807) is 18.2 Å². The maximum atomic E-state index is 13.6. The van der Waals surface area contributed by atoms with Crippen molar-refractivity contribution in [1.29, 1.82) is 0 Å². The van der Waals surface area contributed by atoms with Gasteiger partial charge in [-0.3, -0.25) is 29.4 Å². The quantitative estimate of drug-likeness (QED) is 0.588. The van der Waals surface area contributed by atoms with Crippen molar-refractivity contribution in [3.63, 3.8) is 0 Å². The van der Waals surface area contributed by atoms with Crippen LogP contribution in [0.3, 0.4) is 0 Å². The summed E-state index contributed by atoms with van der Waals surface area (Å²) in [4.78, 5) is 53.2. The van der Waals surface area contributed by atoms with E-state index in [-0.39, 0.29) is 13.0 Å². The number of likely N-dealkylation sites (tertiary alicyclic amines) is 1. The summed E-state index contributed by atoms with van der Waals surface area (Å²) < 4.78 is 0. The highest BCUT2D eigenvalue weighted by atomic mass is 35.5. The molecule has 0 unspecified atom stereocenters. The van der Waals surface area contributed by atoms with Crippen LogP contribution < -0.4 is 16.4 Å². The lowest BCUT2D eigenvalue weighted by molar-refractivity contribution is -0.142. The van der Waals surface area contributed by atoms with Crippen molar-refractivity contribution in [2.75, 3.05) is 11.9 Å². The number of carbonyl (C=O) groups excluding carboxylic acids is 4. The first-order chi connectivity index (χ1) is 15.3. The minimum atomic E-state index is -1.49. The Bertz CT molecular complexity index is 1150. The number of primary amides is 1. The van der Waals surface area contributed by atoms with Gasteiger partial charge in [0.1, 0.15) is 5.54 Å². The molecule has 8 nitrogen and oxygen atoms in total. The Morgan fingerprint density at radius 3 is 2.56 bits per heavy atom. The van der Waals surface area contributed by atoms with Crippen LogP contribution in [0.5, 0.6) is 0 Å². The Morgan fingerprint density at radius 1 is 1.09 bits per heavy atom. The van der Waals surface area contributed by atoms with Gasteiger partial charge in [-0.1, -0.05) is 41.9 Å². The minimum Gasteiger partial charge on any atom is -0.370 e. The molecule has 3 aliphatic heterocycles. The summed E-state index contributed by atoms with van der Waals surface area (Å²) in [6.07, 6.45) is 0.324. The van der Waals surface area contributed by atoms with Crippen LogP contribution in [-0.2, 0) is 31.1 Å². The first-order valence-electron chi connectivity index (χ1n) is 10.4. The Labute approximate surface area is 189 Å². The first kappa shape index (κ1) is 20.7. The van der Waals surface area contributed by atoms with E-state index in [4.69, 9.17) is 17.3 Å². The molecule has 3 aliphatic rings. The second kappa shape index (κ2) is 7.43. The van der Waals surface area contributed by atoms with Crippen molar-refractivity contribution in [2.45, 2.75) is 24.4 Å². The average molecular weight is 453 g/mol. The van der Waals surface area contributed by atoms with Crippen molar-refractivity contribution in [3.8, 4) is 0 Å². The Balaban J connectivity index is 1.55. The normalized spacial score (nSPS) is 28.2. The smallest absolute Gasteiger partial charge is 0.250 e. The highest BCUT2D eigenvalue weighted by Crippen LogP contribution is 2.53. The highest BCUT2D eigenvalue weighted by molar-refractivity contribution is 6.31. The van der Waals surface area contributed by atoms with Crippen LogP contribution in [0.1, 0.15) is 17.5 Å². The largest absolute Gasteiger partial charge is 0.370 e. The van der Waals surface area contributed by atoms with E-state index in [1.807, 2.05) is 30.3 Å². The zero-order valence-corrected chi connectivity index (χ0v) is 17.8. The fraction of sp³-hybridized carbons (Fsp3) is 0.304. The van der Waals surface area contributed by atoms with Gasteiger partial charge in [0.05, 0.1) is 11.8 Å². The number of nitrogens with two attached hydrogens (primary N) is 1. The van der Waals surface area contributed by atoms with Crippen molar-refractivity contribution < 1.29 is 19.2 Å². The van der Waals surface area contributed by atoms with Gasteiger partial charge in [0.25, 0.3) is 0 Å². The first-order valence-corrected chi connectivity index (χ1v) is 10.8. The Kier molecular flexibility index (Phi) is 4.79. The molecule has 0 saturated carbocycles. The summed E-state index contributed by atoms with van der Waals surface area (Å²) in [5, 5.41) is 6.34. The Morgan fingerprint density at radius 2 is 1.84 bits per heavy atom. The molecule has 0 aromatic heterocycles. The van der Waals surface area contributed by atoms with Gasteiger partial charge in [-0.25, -0.2) is 0 Å². The zero-order chi connectivity index (χ0) is 22.6. The molecule has 0 radical (unpaired) electrons.